The van der Waals surface area contributed by atoms with Gasteiger partial charge in [0.25, 0.3) is 0 Å². The number of hydrogen-bond donors (Lipinski definition) is 0. The monoisotopic (exact) mass is 283 g/mol. The van der Waals surface area contributed by atoms with Crippen molar-refractivity contribution in [3.05, 3.63) is 65.2 Å². The molecule has 2 aromatic carbocycles. The second-order valence-corrected chi connectivity index (χ2v) is 5.70. The van der Waals surface area contributed by atoms with E-state index in [0.717, 1.165) is 16.7 Å². The summed E-state index contributed by atoms with van der Waals surface area (Å²) in [5.41, 5.74) is 2.75. The maximum Gasteiger partial charge on any atom is 0.302 e. The van der Waals surface area contributed by atoms with Crippen LogP contribution in [0.15, 0.2) is 48.5 Å². The van der Waals surface area contributed by atoms with Crippen LogP contribution in [0.3, 0.4) is 0 Å². The normalized spacial score (nSPS) is 15.4. The molecule has 0 N–H and O–H groups in total. The number of halogens is 3. The average molecular weight is 283 g/mol. The summed E-state index contributed by atoms with van der Waals surface area (Å²) in [6.45, 7) is -0.0913. The minimum Gasteiger partial charge on any atom is -0.256 e. The summed E-state index contributed by atoms with van der Waals surface area (Å²) >= 11 is -5.27. The van der Waals surface area contributed by atoms with Crippen molar-refractivity contribution < 1.29 is 11.7 Å². The summed E-state index contributed by atoms with van der Waals surface area (Å²) in [6.07, 6.45) is 0.554. The molecule has 0 fully saturated rings. The Bertz CT molecular complexity index is 610. The molecule has 0 aliphatic carbocycles. The quantitative estimate of drug-likeness (QED) is 0.714. The van der Waals surface area contributed by atoms with Crippen LogP contribution in [0.4, 0.5) is 17.3 Å². The molecule has 0 atom stereocenters. The van der Waals surface area contributed by atoms with Crippen molar-refractivity contribution in [2.24, 2.45) is 0 Å². The van der Waals surface area contributed by atoms with Crippen molar-refractivity contribution in [1.82, 2.24) is 0 Å². The maximum atomic E-state index is 13.3. The van der Waals surface area contributed by atoms with E-state index in [2.05, 4.69) is 0 Å². The van der Waals surface area contributed by atoms with E-state index in [-0.39, 0.29) is 6.54 Å². The predicted molar refractivity (Wildman–Crippen MR) is 72.8 cm³/mol. The molecular formula is C14H12F3NS. The Morgan fingerprint density at radius 2 is 1.37 bits per heavy atom. The van der Waals surface area contributed by atoms with Crippen LogP contribution >= 0.6 is 11.4 Å². The van der Waals surface area contributed by atoms with Gasteiger partial charge in [-0.25, -0.2) is 0 Å². The molecular weight excluding hydrogens is 271 g/mol. The van der Waals surface area contributed by atoms with E-state index in [1.807, 2.05) is 12.1 Å². The fraction of sp³-hybridized carbons (Fsp3) is 0.143. The molecule has 1 nitrogen and oxygen atoms in total. The first-order chi connectivity index (χ1) is 9.05. The zero-order valence-electron chi connectivity index (χ0n) is 10.0. The van der Waals surface area contributed by atoms with Gasteiger partial charge in [-0.2, -0.15) is 0 Å². The first kappa shape index (κ1) is 12.4. The summed E-state index contributed by atoms with van der Waals surface area (Å²) in [7, 11) is 0. The lowest BCUT2D eigenvalue weighted by molar-refractivity contribution is 0.620. The van der Waals surface area contributed by atoms with Crippen LogP contribution in [0.5, 0.6) is 0 Å². The third kappa shape index (κ3) is 2.30. The zero-order valence-corrected chi connectivity index (χ0v) is 10.8. The lowest BCUT2D eigenvalue weighted by Gasteiger charge is -2.29. The Morgan fingerprint density at radius 1 is 0.789 bits per heavy atom. The minimum atomic E-state index is -5.27. The van der Waals surface area contributed by atoms with Gasteiger partial charge < -0.3 is 0 Å². The second-order valence-electron chi connectivity index (χ2n) is 4.49. The number of nitrogens with zero attached hydrogens (tertiary/aromatic N) is 1. The lowest BCUT2D eigenvalue weighted by Crippen LogP contribution is -2.19. The van der Waals surface area contributed by atoms with Crippen molar-refractivity contribution in [2.45, 2.75) is 13.0 Å². The highest BCUT2D eigenvalue weighted by Crippen LogP contribution is 2.60. The summed E-state index contributed by atoms with van der Waals surface area (Å²) in [5, 5.41) is 0. The first-order valence-corrected chi connectivity index (χ1v) is 7.19. The van der Waals surface area contributed by atoms with E-state index in [1.54, 1.807) is 36.4 Å². The van der Waals surface area contributed by atoms with Crippen molar-refractivity contribution in [3.63, 3.8) is 0 Å². The number of fused-ring (bicyclic) bond motifs is 2. The molecule has 2 aromatic rings. The summed E-state index contributed by atoms with van der Waals surface area (Å²) in [5.74, 6) is 0. The van der Waals surface area contributed by atoms with Crippen molar-refractivity contribution in [3.8, 4) is 0 Å². The molecule has 0 unspecified atom stereocenters. The molecule has 3 rings (SSSR count). The number of anilines is 1. The molecule has 0 saturated heterocycles. The van der Waals surface area contributed by atoms with Crippen LogP contribution in [0, 0.1) is 0 Å². The molecule has 5 heteroatoms. The summed E-state index contributed by atoms with van der Waals surface area (Å²) < 4.78 is 40.5. The van der Waals surface area contributed by atoms with E-state index in [1.165, 1.54) is 0 Å². The molecule has 1 heterocycles. The molecule has 0 bridgehead atoms. The number of benzene rings is 2. The number of para-hydroxylation sites is 1. The average Bonchev–Trinajstić information content (AvgIpc) is 2.54. The second kappa shape index (κ2) is 4.49. The van der Waals surface area contributed by atoms with Gasteiger partial charge in [0.15, 0.2) is 0 Å². The molecule has 100 valence electrons. The lowest BCUT2D eigenvalue weighted by atomic mass is 10.0. The Morgan fingerprint density at radius 3 is 2.05 bits per heavy atom. The highest BCUT2D eigenvalue weighted by atomic mass is 32.3. The van der Waals surface area contributed by atoms with Crippen molar-refractivity contribution in [1.29, 1.82) is 0 Å². The smallest absolute Gasteiger partial charge is 0.256 e. The van der Waals surface area contributed by atoms with Gasteiger partial charge in [0, 0.05) is 0 Å². The molecule has 0 spiro atoms. The van der Waals surface area contributed by atoms with Crippen LogP contribution < -0.4 is 4.31 Å². The van der Waals surface area contributed by atoms with Crippen molar-refractivity contribution in [2.75, 3.05) is 4.31 Å². The fourth-order valence-electron chi connectivity index (χ4n) is 2.42. The van der Waals surface area contributed by atoms with E-state index in [4.69, 9.17) is 0 Å². The number of hydrogen-bond acceptors (Lipinski definition) is 1. The van der Waals surface area contributed by atoms with Crippen LogP contribution in [0.2, 0.25) is 0 Å². The van der Waals surface area contributed by atoms with E-state index in [0.29, 0.717) is 16.4 Å². The minimum absolute atomic E-state index is 0.0913. The first-order valence-electron chi connectivity index (χ1n) is 5.90. The standard InChI is InChI=1S/C14H12F3NS/c15-19(16,17)18-10-13-7-2-1-5-11(13)9-12-6-3-4-8-14(12)18/h1-8H,9-10H2. The Labute approximate surface area is 112 Å². The van der Waals surface area contributed by atoms with Gasteiger partial charge in [0.2, 0.25) is 0 Å². The molecule has 0 radical (unpaired) electrons. The van der Waals surface area contributed by atoms with Gasteiger partial charge in [-0.3, -0.25) is 4.31 Å². The van der Waals surface area contributed by atoms with Gasteiger partial charge in [-0.1, -0.05) is 42.5 Å². The van der Waals surface area contributed by atoms with Gasteiger partial charge >= 0.3 is 11.4 Å². The maximum absolute atomic E-state index is 13.3. The van der Waals surface area contributed by atoms with Crippen LogP contribution in [0.25, 0.3) is 0 Å². The van der Waals surface area contributed by atoms with E-state index in [9.17, 15) is 11.7 Å². The highest BCUT2D eigenvalue weighted by molar-refractivity contribution is 8.22. The molecule has 1 aliphatic rings. The van der Waals surface area contributed by atoms with Gasteiger partial charge in [-0.05, 0) is 29.2 Å². The number of rotatable bonds is 1. The predicted octanol–water partition coefficient (Wildman–Crippen LogP) is 4.97. The van der Waals surface area contributed by atoms with E-state index < -0.39 is 11.4 Å². The van der Waals surface area contributed by atoms with Gasteiger partial charge in [-0.15, -0.1) is 11.7 Å². The Balaban J connectivity index is 2.17. The van der Waals surface area contributed by atoms with E-state index >= 15 is 0 Å². The fourth-order valence-corrected chi connectivity index (χ4v) is 3.10. The van der Waals surface area contributed by atoms with Gasteiger partial charge in [0.1, 0.15) is 0 Å². The van der Waals surface area contributed by atoms with Crippen LogP contribution in [0.1, 0.15) is 16.7 Å². The Hall–Kier alpha value is -1.62. The summed E-state index contributed by atoms with van der Waals surface area (Å²) in [4.78, 5) is 0. The molecule has 1 aliphatic heterocycles. The van der Waals surface area contributed by atoms with Crippen LogP contribution in [-0.4, -0.2) is 0 Å². The molecule has 0 aromatic heterocycles. The zero-order chi connectivity index (χ0) is 13.5. The molecule has 0 amide bonds. The van der Waals surface area contributed by atoms with Crippen LogP contribution in [-0.2, 0) is 13.0 Å². The van der Waals surface area contributed by atoms with Crippen molar-refractivity contribution >= 4 is 17.1 Å². The largest absolute Gasteiger partial charge is 0.302 e. The summed E-state index contributed by atoms with van der Waals surface area (Å²) in [6, 6.07) is 14.1. The SMILES string of the molecule is FS(F)(F)N1Cc2ccccc2Cc2ccccc21. The third-order valence-electron chi connectivity index (χ3n) is 3.32. The van der Waals surface area contributed by atoms with Gasteiger partial charge in [0.05, 0.1) is 12.2 Å². The molecule has 19 heavy (non-hydrogen) atoms. The highest BCUT2D eigenvalue weighted by Gasteiger charge is 2.35. The topological polar surface area (TPSA) is 3.24 Å². The Kier molecular flexibility index (Phi) is 2.93. The third-order valence-corrected chi connectivity index (χ3v) is 4.15. The molecule has 0 saturated carbocycles.